The number of rotatable bonds is 6. The Balaban J connectivity index is 1.40. The van der Waals surface area contributed by atoms with Crippen LogP contribution in [0, 0.1) is 11.8 Å². The summed E-state index contributed by atoms with van der Waals surface area (Å²) in [5, 5.41) is 9.31. The van der Waals surface area contributed by atoms with Gasteiger partial charge in [0, 0.05) is 35.3 Å². The second-order valence-corrected chi connectivity index (χ2v) is 11.3. The lowest BCUT2D eigenvalue weighted by molar-refractivity contribution is -0.159. The molecule has 0 spiro atoms. The van der Waals surface area contributed by atoms with Gasteiger partial charge in [-0.25, -0.2) is 0 Å². The van der Waals surface area contributed by atoms with Gasteiger partial charge < -0.3 is 10.2 Å². The van der Waals surface area contributed by atoms with Crippen molar-refractivity contribution in [1.29, 1.82) is 0 Å². The van der Waals surface area contributed by atoms with E-state index in [1.54, 1.807) is 11.8 Å². The SMILES string of the molecule is CC(C)NC(=O)C1CCC2C(=O)N(Cc3ccccc3)C3NN=C(SCc4ccccc4Cl)N3C2C1. The first-order valence-electron chi connectivity index (χ1n) is 12.5. The number of fused-ring (bicyclic) bond motifs is 3. The Morgan fingerprint density at radius 3 is 2.67 bits per heavy atom. The van der Waals surface area contributed by atoms with Crippen molar-refractivity contribution in [2.24, 2.45) is 16.9 Å². The van der Waals surface area contributed by atoms with Gasteiger partial charge in [-0.05, 0) is 50.3 Å². The summed E-state index contributed by atoms with van der Waals surface area (Å²) in [7, 11) is 0. The molecule has 2 heterocycles. The van der Waals surface area contributed by atoms with Crippen LogP contribution in [0.5, 0.6) is 0 Å². The lowest BCUT2D eigenvalue weighted by atomic mass is 9.75. The molecule has 2 N–H and O–H groups in total. The summed E-state index contributed by atoms with van der Waals surface area (Å²) in [6, 6.07) is 17.9. The van der Waals surface area contributed by atoms with Gasteiger partial charge in [-0.1, -0.05) is 71.9 Å². The minimum absolute atomic E-state index is 0.0773. The van der Waals surface area contributed by atoms with Crippen LogP contribution < -0.4 is 10.7 Å². The van der Waals surface area contributed by atoms with Crippen molar-refractivity contribution in [1.82, 2.24) is 20.5 Å². The summed E-state index contributed by atoms with van der Waals surface area (Å²) in [4.78, 5) is 30.8. The van der Waals surface area contributed by atoms with Crippen molar-refractivity contribution < 1.29 is 9.59 Å². The second-order valence-electron chi connectivity index (χ2n) is 9.98. The van der Waals surface area contributed by atoms with E-state index in [0.717, 1.165) is 27.7 Å². The van der Waals surface area contributed by atoms with Crippen LogP contribution in [-0.4, -0.2) is 45.2 Å². The molecule has 2 aromatic carbocycles. The minimum atomic E-state index is -0.375. The first kappa shape index (κ1) is 25.0. The van der Waals surface area contributed by atoms with Gasteiger partial charge in [0.1, 0.15) is 0 Å². The highest BCUT2D eigenvalue weighted by atomic mass is 35.5. The Kier molecular flexibility index (Phi) is 7.44. The zero-order valence-corrected chi connectivity index (χ0v) is 22.1. The Labute approximate surface area is 221 Å². The fourth-order valence-electron chi connectivity index (χ4n) is 5.41. The number of hydrogen-bond acceptors (Lipinski definition) is 6. The fourth-order valence-corrected chi connectivity index (χ4v) is 6.73. The summed E-state index contributed by atoms with van der Waals surface area (Å²) in [6.45, 7) is 4.46. The van der Waals surface area contributed by atoms with E-state index >= 15 is 0 Å². The molecule has 2 aromatic rings. The van der Waals surface area contributed by atoms with E-state index in [0.29, 0.717) is 25.1 Å². The van der Waals surface area contributed by atoms with Crippen LogP contribution >= 0.6 is 23.4 Å². The average Bonchev–Trinajstić information content (AvgIpc) is 3.30. The predicted molar refractivity (Wildman–Crippen MR) is 144 cm³/mol. The Morgan fingerprint density at radius 1 is 1.17 bits per heavy atom. The number of hydrazone groups is 1. The molecular weight excluding hydrogens is 494 g/mol. The van der Waals surface area contributed by atoms with E-state index < -0.39 is 0 Å². The summed E-state index contributed by atoms with van der Waals surface area (Å²) in [6.07, 6.45) is 1.67. The lowest BCUT2D eigenvalue weighted by Gasteiger charge is -2.51. The highest BCUT2D eigenvalue weighted by molar-refractivity contribution is 8.13. The summed E-state index contributed by atoms with van der Waals surface area (Å²) in [5.74, 6) is 0.601. The van der Waals surface area contributed by atoms with E-state index in [-0.39, 0.29) is 42.0 Å². The van der Waals surface area contributed by atoms with E-state index in [4.69, 9.17) is 11.6 Å². The fraction of sp³-hybridized carbons (Fsp3) is 0.444. The van der Waals surface area contributed by atoms with Gasteiger partial charge in [0.15, 0.2) is 11.5 Å². The standard InChI is InChI=1S/C27H32ClN5O2S/c1-17(2)29-24(34)19-12-13-21-23(14-19)33-26(32(25(21)35)15-18-8-4-3-5-9-18)30-31-27(33)36-16-20-10-6-7-11-22(20)28/h3-11,17,19,21,23,26,30H,12-16H2,1-2H3,(H,29,34). The Bertz CT molecular complexity index is 1140. The molecule has 3 aliphatic rings. The third-order valence-electron chi connectivity index (χ3n) is 7.14. The molecule has 5 rings (SSSR count). The molecule has 0 bridgehead atoms. The van der Waals surface area contributed by atoms with Crippen molar-refractivity contribution >= 4 is 40.3 Å². The molecule has 1 aliphatic carbocycles. The van der Waals surface area contributed by atoms with Gasteiger partial charge >= 0.3 is 0 Å². The third-order valence-corrected chi connectivity index (χ3v) is 8.53. The van der Waals surface area contributed by atoms with Crippen LogP contribution in [-0.2, 0) is 21.9 Å². The van der Waals surface area contributed by atoms with Gasteiger partial charge in [0.25, 0.3) is 0 Å². The number of carbonyl (C=O) groups is 2. The average molecular weight is 526 g/mol. The van der Waals surface area contributed by atoms with Crippen LogP contribution in [0.15, 0.2) is 59.7 Å². The number of amidine groups is 1. The summed E-state index contributed by atoms with van der Waals surface area (Å²) >= 11 is 8.02. The van der Waals surface area contributed by atoms with Crippen LogP contribution in [0.4, 0.5) is 0 Å². The maximum absolute atomic E-state index is 13.8. The van der Waals surface area contributed by atoms with Crippen molar-refractivity contribution in [3.05, 3.63) is 70.7 Å². The van der Waals surface area contributed by atoms with Crippen molar-refractivity contribution in [2.75, 3.05) is 0 Å². The molecule has 0 radical (unpaired) electrons. The molecule has 190 valence electrons. The maximum atomic E-state index is 13.8. The molecule has 1 saturated carbocycles. The van der Waals surface area contributed by atoms with Crippen molar-refractivity contribution in [2.45, 2.75) is 63.8 Å². The quantitative estimate of drug-likeness (QED) is 0.585. The third kappa shape index (κ3) is 5.06. The molecule has 1 saturated heterocycles. The largest absolute Gasteiger partial charge is 0.354 e. The molecule has 0 aromatic heterocycles. The molecular formula is C27H32ClN5O2S. The first-order chi connectivity index (χ1) is 17.4. The van der Waals surface area contributed by atoms with Gasteiger partial charge in [-0.3, -0.25) is 19.9 Å². The highest BCUT2D eigenvalue weighted by Gasteiger charge is 2.53. The Hall–Kier alpha value is -2.71. The summed E-state index contributed by atoms with van der Waals surface area (Å²) in [5.41, 5.74) is 5.35. The lowest BCUT2D eigenvalue weighted by Crippen LogP contribution is -2.67. The van der Waals surface area contributed by atoms with Crippen LogP contribution in [0.25, 0.3) is 0 Å². The number of nitrogens with zero attached hydrogens (tertiary/aromatic N) is 3. The summed E-state index contributed by atoms with van der Waals surface area (Å²) < 4.78 is 0. The van der Waals surface area contributed by atoms with Crippen LogP contribution in [0.3, 0.4) is 0 Å². The van der Waals surface area contributed by atoms with E-state index in [9.17, 15) is 9.59 Å². The molecule has 36 heavy (non-hydrogen) atoms. The molecule has 4 atom stereocenters. The van der Waals surface area contributed by atoms with Crippen LogP contribution in [0.1, 0.15) is 44.2 Å². The number of thioether (sulfide) groups is 1. The zero-order chi connectivity index (χ0) is 25.2. The number of hydrogen-bond donors (Lipinski definition) is 2. The number of nitrogens with one attached hydrogen (secondary N) is 2. The molecule has 4 unspecified atom stereocenters. The molecule has 2 amide bonds. The van der Waals surface area contributed by atoms with Gasteiger partial charge in [0.05, 0.1) is 5.92 Å². The Morgan fingerprint density at radius 2 is 1.92 bits per heavy atom. The molecule has 9 heteroatoms. The highest BCUT2D eigenvalue weighted by Crippen LogP contribution is 2.42. The smallest absolute Gasteiger partial charge is 0.231 e. The number of benzene rings is 2. The zero-order valence-electron chi connectivity index (χ0n) is 20.6. The van der Waals surface area contributed by atoms with Crippen molar-refractivity contribution in [3.63, 3.8) is 0 Å². The second kappa shape index (κ2) is 10.7. The monoisotopic (exact) mass is 525 g/mol. The van der Waals surface area contributed by atoms with Crippen LogP contribution in [0.2, 0.25) is 5.02 Å². The normalized spacial score (nSPS) is 25.2. The van der Waals surface area contributed by atoms with Gasteiger partial charge in [0.2, 0.25) is 11.8 Å². The van der Waals surface area contributed by atoms with E-state index in [1.165, 1.54) is 0 Å². The first-order valence-corrected chi connectivity index (χ1v) is 13.9. The molecule has 2 aliphatic heterocycles. The van der Waals surface area contributed by atoms with E-state index in [1.807, 2.05) is 73.3 Å². The van der Waals surface area contributed by atoms with Gasteiger partial charge in [-0.2, -0.15) is 5.10 Å². The number of amides is 2. The topological polar surface area (TPSA) is 77.0 Å². The number of halogens is 1. The van der Waals surface area contributed by atoms with Crippen molar-refractivity contribution in [3.8, 4) is 0 Å². The number of carbonyl (C=O) groups excluding carboxylic acids is 2. The molecule has 7 nitrogen and oxygen atoms in total. The molecule has 2 fully saturated rings. The maximum Gasteiger partial charge on any atom is 0.231 e. The van der Waals surface area contributed by atoms with E-state index in [2.05, 4.69) is 20.7 Å². The minimum Gasteiger partial charge on any atom is -0.354 e. The van der Waals surface area contributed by atoms with Gasteiger partial charge in [-0.15, -0.1) is 0 Å². The predicted octanol–water partition coefficient (Wildman–Crippen LogP) is 4.38.